The van der Waals surface area contributed by atoms with Crippen LogP contribution in [-0.4, -0.2) is 41.9 Å². The molecule has 0 radical (unpaired) electrons. The van der Waals surface area contributed by atoms with Gasteiger partial charge in [0, 0.05) is 22.9 Å². The van der Waals surface area contributed by atoms with Crippen molar-refractivity contribution in [3.8, 4) is 5.75 Å². The van der Waals surface area contributed by atoms with E-state index < -0.39 is 6.10 Å². The molecule has 0 saturated heterocycles. The van der Waals surface area contributed by atoms with Crippen molar-refractivity contribution in [2.75, 3.05) is 26.0 Å². The van der Waals surface area contributed by atoms with E-state index in [1.807, 2.05) is 23.9 Å². The molecule has 20 heavy (non-hydrogen) atoms. The molecule has 1 unspecified atom stereocenters. The smallest absolute Gasteiger partial charge is 0.120 e. The summed E-state index contributed by atoms with van der Waals surface area (Å²) in [5.74, 6) is 0.691. The number of aliphatic hydroxyl groups excluding tert-OH is 1. The van der Waals surface area contributed by atoms with Gasteiger partial charge in [-0.25, -0.2) is 0 Å². The van der Waals surface area contributed by atoms with Crippen LogP contribution in [0.4, 0.5) is 0 Å². The Morgan fingerprint density at radius 2 is 2.30 bits per heavy atom. The highest BCUT2D eigenvalue weighted by Gasteiger charge is 2.35. The molecule has 1 aromatic carbocycles. The van der Waals surface area contributed by atoms with Crippen molar-refractivity contribution in [3.05, 3.63) is 29.3 Å². The van der Waals surface area contributed by atoms with E-state index in [1.165, 1.54) is 19.3 Å². The number of aliphatic hydroxyl groups is 1. The maximum Gasteiger partial charge on any atom is 0.120 e. The van der Waals surface area contributed by atoms with Gasteiger partial charge in [-0.2, -0.15) is 11.8 Å². The summed E-state index contributed by atoms with van der Waals surface area (Å²) in [6.45, 7) is 1.80. The Morgan fingerprint density at radius 3 is 2.90 bits per heavy atom. The Balaban J connectivity index is 1.64. The Morgan fingerprint density at radius 1 is 1.50 bits per heavy atom. The zero-order valence-corrected chi connectivity index (χ0v) is 13.3. The number of hydrogen-bond donors (Lipinski definition) is 2. The van der Waals surface area contributed by atoms with Crippen LogP contribution in [0.3, 0.4) is 0 Å². The van der Waals surface area contributed by atoms with Crippen LogP contribution in [-0.2, 0) is 0 Å². The molecule has 1 atom stereocenters. The van der Waals surface area contributed by atoms with Crippen LogP contribution in [0, 0.1) is 0 Å². The first-order valence-corrected chi connectivity index (χ1v) is 8.56. The third-order valence-electron chi connectivity index (χ3n) is 3.76. The fourth-order valence-corrected chi connectivity index (χ4v) is 3.42. The van der Waals surface area contributed by atoms with Gasteiger partial charge in [-0.3, -0.25) is 0 Å². The molecule has 0 heterocycles. The summed E-state index contributed by atoms with van der Waals surface area (Å²) in [4.78, 5) is 0. The number of ether oxygens (including phenoxy) is 1. The van der Waals surface area contributed by atoms with Gasteiger partial charge in [0.2, 0.25) is 0 Å². The molecule has 1 aromatic rings. The highest BCUT2D eigenvalue weighted by molar-refractivity contribution is 8.00. The topological polar surface area (TPSA) is 41.5 Å². The summed E-state index contributed by atoms with van der Waals surface area (Å²) in [6.07, 6.45) is 5.53. The van der Waals surface area contributed by atoms with Crippen LogP contribution < -0.4 is 10.1 Å². The van der Waals surface area contributed by atoms with Crippen molar-refractivity contribution in [1.29, 1.82) is 0 Å². The molecule has 1 fully saturated rings. The molecular weight excluding hydrogens is 294 g/mol. The van der Waals surface area contributed by atoms with Gasteiger partial charge in [0.1, 0.15) is 18.5 Å². The lowest BCUT2D eigenvalue weighted by Crippen LogP contribution is -2.45. The molecule has 0 aliphatic heterocycles. The van der Waals surface area contributed by atoms with Gasteiger partial charge in [0.15, 0.2) is 0 Å². The quantitative estimate of drug-likeness (QED) is 0.774. The average molecular weight is 316 g/mol. The van der Waals surface area contributed by atoms with Gasteiger partial charge < -0.3 is 15.2 Å². The van der Waals surface area contributed by atoms with Crippen molar-refractivity contribution in [3.63, 3.8) is 0 Å². The predicted molar refractivity (Wildman–Crippen MR) is 85.9 cm³/mol. The van der Waals surface area contributed by atoms with Crippen LogP contribution in [0.5, 0.6) is 5.75 Å². The van der Waals surface area contributed by atoms with E-state index in [4.69, 9.17) is 16.3 Å². The van der Waals surface area contributed by atoms with Gasteiger partial charge in [-0.1, -0.05) is 24.1 Å². The van der Waals surface area contributed by atoms with Gasteiger partial charge in [0.25, 0.3) is 0 Å². The second kappa shape index (κ2) is 7.55. The molecule has 112 valence electrons. The first-order valence-electron chi connectivity index (χ1n) is 6.96. The first-order chi connectivity index (χ1) is 9.63. The fourth-order valence-electron chi connectivity index (χ4n) is 2.30. The van der Waals surface area contributed by atoms with E-state index in [2.05, 4.69) is 11.6 Å². The number of halogens is 1. The molecule has 1 aliphatic rings. The minimum absolute atomic E-state index is 0.277. The molecule has 0 aromatic heterocycles. The fraction of sp³-hybridized carbons (Fsp3) is 0.600. The summed E-state index contributed by atoms with van der Waals surface area (Å²) in [6, 6.07) is 7.22. The molecule has 0 bridgehead atoms. The summed E-state index contributed by atoms with van der Waals surface area (Å²) >= 11 is 7.81. The van der Waals surface area contributed by atoms with E-state index in [9.17, 15) is 5.11 Å². The standard InChI is InChI=1S/C15H22ClNO2S/c1-20-15(6-3-7-15)11-17-9-13(18)10-19-14-5-2-4-12(16)8-14/h2,4-5,8,13,17-18H,3,6-7,9-11H2,1H3. The molecule has 3 nitrogen and oxygen atoms in total. The normalized spacial score (nSPS) is 18.4. The van der Waals surface area contributed by atoms with E-state index in [0.29, 0.717) is 22.1 Å². The minimum Gasteiger partial charge on any atom is -0.491 e. The zero-order valence-electron chi connectivity index (χ0n) is 11.8. The molecule has 2 N–H and O–H groups in total. The molecule has 1 aliphatic carbocycles. The lowest BCUT2D eigenvalue weighted by Gasteiger charge is -2.40. The number of hydrogen-bond acceptors (Lipinski definition) is 4. The van der Waals surface area contributed by atoms with Crippen molar-refractivity contribution in [1.82, 2.24) is 5.32 Å². The van der Waals surface area contributed by atoms with Crippen LogP contribution in [0.25, 0.3) is 0 Å². The van der Waals surface area contributed by atoms with Gasteiger partial charge in [0.05, 0.1) is 0 Å². The van der Waals surface area contributed by atoms with Gasteiger partial charge in [-0.05, 0) is 37.3 Å². The van der Waals surface area contributed by atoms with Crippen LogP contribution >= 0.6 is 23.4 Å². The van der Waals surface area contributed by atoms with Crippen LogP contribution in [0.1, 0.15) is 19.3 Å². The molecule has 5 heteroatoms. The SMILES string of the molecule is CSC1(CNCC(O)COc2cccc(Cl)c2)CCC1. The zero-order chi connectivity index (χ0) is 14.4. The molecule has 0 spiro atoms. The van der Waals surface area contributed by atoms with E-state index in [1.54, 1.807) is 12.1 Å². The summed E-state index contributed by atoms with van der Waals surface area (Å²) < 4.78 is 5.91. The maximum absolute atomic E-state index is 9.91. The van der Waals surface area contributed by atoms with Crippen LogP contribution in [0.2, 0.25) is 5.02 Å². The maximum atomic E-state index is 9.91. The molecular formula is C15H22ClNO2S. The number of thioether (sulfide) groups is 1. The molecule has 0 amide bonds. The second-order valence-corrected chi connectivity index (χ2v) is 7.00. The molecule has 1 saturated carbocycles. The highest BCUT2D eigenvalue weighted by Crippen LogP contribution is 2.42. The molecule has 2 rings (SSSR count). The minimum atomic E-state index is -0.507. The van der Waals surface area contributed by atoms with Crippen molar-refractivity contribution in [2.24, 2.45) is 0 Å². The van der Waals surface area contributed by atoms with Crippen molar-refractivity contribution in [2.45, 2.75) is 30.1 Å². The number of rotatable bonds is 8. The van der Waals surface area contributed by atoms with Crippen molar-refractivity contribution < 1.29 is 9.84 Å². The second-order valence-electron chi connectivity index (χ2n) is 5.29. The summed E-state index contributed by atoms with van der Waals surface area (Å²) in [5, 5.41) is 13.9. The van der Waals surface area contributed by atoms with E-state index in [-0.39, 0.29) is 6.61 Å². The summed E-state index contributed by atoms with van der Waals surface area (Å²) in [7, 11) is 0. The lowest BCUT2D eigenvalue weighted by molar-refractivity contribution is 0.105. The van der Waals surface area contributed by atoms with Gasteiger partial charge in [-0.15, -0.1) is 0 Å². The average Bonchev–Trinajstić information content (AvgIpc) is 2.40. The van der Waals surface area contributed by atoms with Crippen molar-refractivity contribution >= 4 is 23.4 Å². The number of nitrogens with one attached hydrogen (secondary N) is 1. The van der Waals surface area contributed by atoms with E-state index in [0.717, 1.165) is 6.54 Å². The third kappa shape index (κ3) is 4.55. The van der Waals surface area contributed by atoms with E-state index >= 15 is 0 Å². The first kappa shape index (κ1) is 16.0. The largest absolute Gasteiger partial charge is 0.491 e. The Labute approximate surface area is 130 Å². The highest BCUT2D eigenvalue weighted by atomic mass is 35.5. The Bertz CT molecular complexity index is 421. The summed E-state index contributed by atoms with van der Waals surface area (Å²) in [5.41, 5.74) is 0. The number of benzene rings is 1. The lowest BCUT2D eigenvalue weighted by atomic mass is 9.84. The predicted octanol–water partition coefficient (Wildman–Crippen LogP) is 2.96. The van der Waals surface area contributed by atoms with Gasteiger partial charge >= 0.3 is 0 Å². The monoisotopic (exact) mass is 315 g/mol. The van der Waals surface area contributed by atoms with Crippen LogP contribution in [0.15, 0.2) is 24.3 Å². The Hall–Kier alpha value is -0.420. The third-order valence-corrected chi connectivity index (χ3v) is 5.42. The Kier molecular flexibility index (Phi) is 6.02.